The minimum Gasteiger partial charge on any atom is -0.0622 e. The fourth-order valence-electron chi connectivity index (χ4n) is 2.48. The summed E-state index contributed by atoms with van der Waals surface area (Å²) < 4.78 is 0.211. The van der Waals surface area contributed by atoms with Crippen LogP contribution in [0.3, 0.4) is 0 Å². The van der Waals surface area contributed by atoms with Crippen LogP contribution >= 0.6 is 0 Å². The van der Waals surface area contributed by atoms with Gasteiger partial charge in [0.15, 0.2) is 0 Å². The molecule has 0 aromatic heterocycles. The summed E-state index contributed by atoms with van der Waals surface area (Å²) in [6.45, 7) is 0. The van der Waals surface area contributed by atoms with Crippen molar-refractivity contribution in [2.75, 3.05) is 0 Å². The molecule has 20 heavy (non-hydrogen) atoms. The minimum absolute atomic E-state index is 0.211. The first-order valence-electron chi connectivity index (χ1n) is 8.03. The van der Waals surface area contributed by atoms with Crippen LogP contribution in [0.25, 0.3) is 0 Å². The average Bonchev–Trinajstić information content (AvgIpc) is 2.45. The zero-order chi connectivity index (χ0) is 14.5. The number of aryl methyl sites for hydroxylation is 1. The van der Waals surface area contributed by atoms with E-state index in [0.29, 0.717) is 0 Å². The van der Waals surface area contributed by atoms with E-state index in [1.807, 2.05) is 0 Å². The molecule has 111 valence electrons. The molecule has 0 bridgehead atoms. The minimum atomic E-state index is 0.211. The van der Waals surface area contributed by atoms with Crippen molar-refractivity contribution in [1.82, 2.24) is 0 Å². The Bertz CT molecular complexity index is 348. The van der Waals surface area contributed by atoms with E-state index in [9.17, 15) is 4.79 Å². The van der Waals surface area contributed by atoms with Crippen LogP contribution in [0.2, 0.25) is 0 Å². The number of carbonyl (C=O) groups excluding carboxylic acids is 1. The summed E-state index contributed by atoms with van der Waals surface area (Å²) in [5.41, 5.74) is 1.47. The van der Waals surface area contributed by atoms with E-state index in [4.69, 9.17) is 0 Å². The first kappa shape index (κ1) is 17.5. The third-order valence-corrected chi connectivity index (χ3v) is 4.12. The third kappa shape index (κ3) is 10.2. The SMILES string of the molecule is O=C([Se])CCCCCCCCCCCc1ccccc1. The van der Waals surface area contributed by atoms with Crippen molar-refractivity contribution in [2.24, 2.45) is 0 Å². The van der Waals surface area contributed by atoms with Gasteiger partial charge in [-0.2, -0.15) is 0 Å². The Hall–Kier alpha value is -0.591. The van der Waals surface area contributed by atoms with Gasteiger partial charge >= 0.3 is 96.1 Å². The Labute approximate surface area is 132 Å². The van der Waals surface area contributed by atoms with Crippen molar-refractivity contribution in [3.05, 3.63) is 35.9 Å². The zero-order valence-electron chi connectivity index (χ0n) is 12.5. The molecule has 1 aromatic carbocycles. The molecule has 0 heterocycles. The topological polar surface area (TPSA) is 17.1 Å². The van der Waals surface area contributed by atoms with E-state index in [1.165, 1.54) is 63.4 Å². The monoisotopic (exact) mass is 339 g/mol. The first-order valence-corrected chi connectivity index (χ1v) is 8.88. The smallest absolute Gasteiger partial charge is 0.0622 e. The molecule has 1 radical (unpaired) electrons. The van der Waals surface area contributed by atoms with Crippen molar-refractivity contribution in [2.45, 2.75) is 70.6 Å². The fourth-order valence-corrected chi connectivity index (χ4v) is 2.78. The van der Waals surface area contributed by atoms with E-state index in [0.717, 1.165) is 12.8 Å². The van der Waals surface area contributed by atoms with E-state index in [2.05, 4.69) is 46.3 Å². The van der Waals surface area contributed by atoms with Crippen molar-refractivity contribution < 1.29 is 4.79 Å². The predicted octanol–water partition coefficient (Wildman–Crippen LogP) is 4.83. The standard InChI is InChI=1S/C18H27OSe/c19-18(20)16-12-7-5-3-1-2-4-6-9-13-17-14-10-8-11-15-17/h8,10-11,14-15H,1-7,9,12-13,16H2. The van der Waals surface area contributed by atoms with Crippen molar-refractivity contribution in [1.29, 1.82) is 0 Å². The Morgan fingerprint density at radius 1 is 0.750 bits per heavy atom. The average molecular weight is 338 g/mol. The van der Waals surface area contributed by atoms with Gasteiger partial charge in [0.25, 0.3) is 0 Å². The van der Waals surface area contributed by atoms with Gasteiger partial charge in [-0.25, -0.2) is 0 Å². The molecular formula is C18H27OSe. The normalized spacial score (nSPS) is 10.6. The Morgan fingerprint density at radius 3 is 1.80 bits per heavy atom. The number of hydrogen-bond acceptors (Lipinski definition) is 1. The molecule has 0 saturated carbocycles. The second kappa shape index (κ2) is 12.2. The van der Waals surface area contributed by atoms with Gasteiger partial charge in [0, 0.05) is 0 Å². The van der Waals surface area contributed by atoms with E-state index >= 15 is 0 Å². The van der Waals surface area contributed by atoms with Crippen molar-refractivity contribution >= 4 is 20.7 Å². The van der Waals surface area contributed by atoms with Gasteiger partial charge in [0.2, 0.25) is 0 Å². The number of benzene rings is 1. The molecule has 0 saturated heterocycles. The third-order valence-electron chi connectivity index (χ3n) is 3.69. The van der Waals surface area contributed by atoms with Crippen LogP contribution in [0.4, 0.5) is 0 Å². The predicted molar refractivity (Wildman–Crippen MR) is 87.1 cm³/mol. The van der Waals surface area contributed by atoms with Crippen LogP contribution in [0.1, 0.15) is 69.8 Å². The second-order valence-corrected chi connectivity index (χ2v) is 6.49. The number of rotatable bonds is 12. The number of carbonyl (C=O) groups is 1. The summed E-state index contributed by atoms with van der Waals surface area (Å²) in [6, 6.07) is 10.8. The molecule has 1 aromatic rings. The molecule has 0 unspecified atom stereocenters. The summed E-state index contributed by atoms with van der Waals surface area (Å²) in [4.78, 5) is 10.7. The summed E-state index contributed by atoms with van der Waals surface area (Å²) in [6.07, 6.45) is 13.6. The molecule has 2 heteroatoms. The molecule has 0 aliphatic heterocycles. The molecule has 0 N–H and O–H groups in total. The van der Waals surface area contributed by atoms with E-state index in [-0.39, 0.29) is 4.68 Å². The molecule has 1 rings (SSSR count). The van der Waals surface area contributed by atoms with Crippen LogP contribution in [0.5, 0.6) is 0 Å². The van der Waals surface area contributed by atoms with Gasteiger partial charge in [-0.15, -0.1) is 0 Å². The Balaban J connectivity index is 1.80. The maximum atomic E-state index is 10.7. The fraction of sp³-hybridized carbons (Fsp3) is 0.611. The van der Waals surface area contributed by atoms with E-state index < -0.39 is 0 Å². The molecular weight excluding hydrogens is 311 g/mol. The molecule has 0 aliphatic carbocycles. The van der Waals surface area contributed by atoms with Crippen LogP contribution in [0.15, 0.2) is 30.3 Å². The summed E-state index contributed by atoms with van der Waals surface area (Å²) >= 11 is 2.54. The summed E-state index contributed by atoms with van der Waals surface area (Å²) in [5.74, 6) is 0. The van der Waals surface area contributed by atoms with Gasteiger partial charge in [0.1, 0.15) is 0 Å². The van der Waals surface area contributed by atoms with Gasteiger partial charge in [-0.05, 0) is 5.56 Å². The Morgan fingerprint density at radius 2 is 1.25 bits per heavy atom. The number of unbranched alkanes of at least 4 members (excludes halogenated alkanes) is 8. The molecule has 0 amide bonds. The first-order chi connectivity index (χ1) is 9.79. The van der Waals surface area contributed by atoms with Gasteiger partial charge in [0.05, 0.1) is 0 Å². The second-order valence-electron chi connectivity index (χ2n) is 5.54. The van der Waals surface area contributed by atoms with Gasteiger partial charge in [-0.1, -0.05) is 30.3 Å². The van der Waals surface area contributed by atoms with Gasteiger partial charge in [-0.3, -0.25) is 0 Å². The molecule has 0 fully saturated rings. The Kier molecular flexibility index (Phi) is 10.6. The zero-order valence-corrected chi connectivity index (χ0v) is 14.2. The van der Waals surface area contributed by atoms with Crippen molar-refractivity contribution in [3.63, 3.8) is 0 Å². The maximum absolute atomic E-state index is 10.7. The van der Waals surface area contributed by atoms with E-state index in [1.54, 1.807) is 0 Å². The van der Waals surface area contributed by atoms with Crippen molar-refractivity contribution in [3.8, 4) is 0 Å². The molecule has 1 nitrogen and oxygen atoms in total. The van der Waals surface area contributed by atoms with Gasteiger partial charge < -0.3 is 0 Å². The summed E-state index contributed by atoms with van der Waals surface area (Å²) in [5, 5.41) is 0. The molecule has 0 aliphatic rings. The summed E-state index contributed by atoms with van der Waals surface area (Å²) in [7, 11) is 0. The molecule has 0 atom stereocenters. The van der Waals surface area contributed by atoms with Crippen LogP contribution < -0.4 is 0 Å². The number of hydrogen-bond donors (Lipinski definition) is 0. The quantitative estimate of drug-likeness (QED) is 0.394. The molecule has 0 spiro atoms. The van der Waals surface area contributed by atoms with Crippen LogP contribution in [-0.4, -0.2) is 20.7 Å². The van der Waals surface area contributed by atoms with Crippen LogP contribution in [-0.2, 0) is 11.2 Å². The van der Waals surface area contributed by atoms with Crippen LogP contribution in [0, 0.1) is 0 Å².